The molecule has 2 aromatic carbocycles. The molecule has 0 aromatic heterocycles. The first-order valence-electron chi connectivity index (χ1n) is 7.07. The van der Waals surface area contributed by atoms with Crippen molar-refractivity contribution in [3.63, 3.8) is 0 Å². The zero-order valence-corrected chi connectivity index (χ0v) is 15.3. The van der Waals surface area contributed by atoms with Gasteiger partial charge in [-0.05, 0) is 48.5 Å². The second-order valence-electron chi connectivity index (χ2n) is 5.44. The van der Waals surface area contributed by atoms with E-state index in [1.54, 1.807) is 0 Å². The third-order valence-electron chi connectivity index (χ3n) is 3.38. The van der Waals surface area contributed by atoms with Crippen LogP contribution in [0.15, 0.2) is 58.3 Å². The van der Waals surface area contributed by atoms with Gasteiger partial charge in [0.05, 0.1) is 15.4 Å². The Morgan fingerprint density at radius 1 is 0.808 bits per heavy atom. The van der Waals surface area contributed by atoms with E-state index in [2.05, 4.69) is 4.72 Å². The van der Waals surface area contributed by atoms with E-state index in [9.17, 15) is 30.0 Å². The summed E-state index contributed by atoms with van der Waals surface area (Å²) in [5, 5.41) is 0. The lowest BCUT2D eigenvalue weighted by Crippen LogP contribution is -2.22. The summed E-state index contributed by atoms with van der Waals surface area (Å²) in [6, 6.07) is 7.96. The van der Waals surface area contributed by atoms with Crippen molar-refractivity contribution in [2.45, 2.75) is 16.0 Å². The van der Waals surface area contributed by atoms with Gasteiger partial charge in [-0.15, -0.1) is 0 Å². The van der Waals surface area contributed by atoms with Crippen LogP contribution in [0.4, 0.5) is 18.9 Å². The summed E-state index contributed by atoms with van der Waals surface area (Å²) in [7, 11) is -5.06. The summed E-state index contributed by atoms with van der Waals surface area (Å²) < 4.78 is 89.2. The summed E-state index contributed by atoms with van der Waals surface area (Å²) in [6.07, 6.45) is -4.57. The number of hydrogen-bond acceptors (Lipinski definition) is 4. The van der Waals surface area contributed by atoms with Crippen LogP contribution in [0, 0.1) is 0 Å². The van der Waals surface area contributed by atoms with Gasteiger partial charge in [-0.25, -0.2) is 21.1 Å². The second-order valence-corrected chi connectivity index (χ2v) is 9.27. The molecule has 0 unspecified atom stereocenters. The van der Waals surface area contributed by atoms with E-state index in [4.69, 9.17) is 0 Å². The van der Waals surface area contributed by atoms with Gasteiger partial charge in [0, 0.05) is 19.8 Å². The fourth-order valence-corrected chi connectivity index (χ4v) is 3.90. The molecular formula is C15H15F3N2O4S2. The lowest BCUT2D eigenvalue weighted by Gasteiger charge is -2.13. The number of hydrogen-bond donors (Lipinski definition) is 1. The van der Waals surface area contributed by atoms with E-state index in [-0.39, 0.29) is 15.5 Å². The third-order valence-corrected chi connectivity index (χ3v) is 6.60. The van der Waals surface area contributed by atoms with Crippen LogP contribution in [-0.4, -0.2) is 35.2 Å². The minimum atomic E-state index is -4.57. The quantitative estimate of drug-likeness (QED) is 0.825. The highest BCUT2D eigenvalue weighted by Gasteiger charge is 2.30. The lowest BCUT2D eigenvalue weighted by atomic mass is 10.2. The minimum Gasteiger partial charge on any atom is -0.280 e. The summed E-state index contributed by atoms with van der Waals surface area (Å²) in [6.45, 7) is 0. The fraction of sp³-hybridized carbons (Fsp3) is 0.200. The van der Waals surface area contributed by atoms with Crippen LogP contribution >= 0.6 is 0 Å². The van der Waals surface area contributed by atoms with Crippen molar-refractivity contribution in [3.05, 3.63) is 54.1 Å². The molecular weight excluding hydrogens is 393 g/mol. The average molecular weight is 408 g/mol. The highest BCUT2D eigenvalue weighted by atomic mass is 32.2. The Morgan fingerprint density at radius 2 is 1.27 bits per heavy atom. The van der Waals surface area contributed by atoms with Gasteiger partial charge in [0.1, 0.15) is 0 Å². The monoisotopic (exact) mass is 408 g/mol. The Hall–Kier alpha value is -2.11. The van der Waals surface area contributed by atoms with Gasteiger partial charge in [-0.3, -0.25) is 4.72 Å². The van der Waals surface area contributed by atoms with Gasteiger partial charge in [0.15, 0.2) is 0 Å². The van der Waals surface area contributed by atoms with E-state index in [0.717, 1.165) is 16.4 Å². The largest absolute Gasteiger partial charge is 0.416 e. The van der Waals surface area contributed by atoms with Crippen LogP contribution in [-0.2, 0) is 26.2 Å². The van der Waals surface area contributed by atoms with Crippen molar-refractivity contribution >= 4 is 25.7 Å². The molecule has 26 heavy (non-hydrogen) atoms. The zero-order valence-electron chi connectivity index (χ0n) is 13.6. The van der Waals surface area contributed by atoms with Gasteiger partial charge in [-0.2, -0.15) is 13.2 Å². The van der Waals surface area contributed by atoms with Gasteiger partial charge in [0.2, 0.25) is 10.0 Å². The summed E-state index contributed by atoms with van der Waals surface area (Å²) in [5.41, 5.74) is -0.891. The molecule has 2 rings (SSSR count). The maximum Gasteiger partial charge on any atom is 0.416 e. The maximum atomic E-state index is 12.5. The SMILES string of the molecule is CN(C)S(=O)(=O)c1ccc(NS(=O)(=O)c2ccc(C(F)(F)F)cc2)cc1. The maximum absolute atomic E-state index is 12.5. The van der Waals surface area contributed by atoms with Crippen molar-refractivity contribution in [2.24, 2.45) is 0 Å². The van der Waals surface area contributed by atoms with Gasteiger partial charge >= 0.3 is 6.18 Å². The highest BCUT2D eigenvalue weighted by Crippen LogP contribution is 2.30. The zero-order chi connectivity index (χ0) is 19.8. The molecule has 0 heterocycles. The number of sulfonamides is 2. The molecule has 0 spiro atoms. The molecule has 0 aliphatic heterocycles. The molecule has 0 aliphatic rings. The van der Waals surface area contributed by atoms with Crippen LogP contribution in [0.25, 0.3) is 0 Å². The first-order chi connectivity index (χ1) is 11.8. The van der Waals surface area contributed by atoms with Gasteiger partial charge < -0.3 is 0 Å². The van der Waals surface area contributed by atoms with Gasteiger partial charge in [0.25, 0.3) is 10.0 Å². The third kappa shape index (κ3) is 4.34. The van der Waals surface area contributed by atoms with Crippen LogP contribution in [0.1, 0.15) is 5.56 Å². The lowest BCUT2D eigenvalue weighted by molar-refractivity contribution is -0.137. The molecule has 6 nitrogen and oxygen atoms in total. The van der Waals surface area contributed by atoms with Crippen molar-refractivity contribution < 1.29 is 30.0 Å². The van der Waals surface area contributed by atoms with E-state index < -0.39 is 31.8 Å². The van der Waals surface area contributed by atoms with Crippen LogP contribution < -0.4 is 4.72 Å². The molecule has 0 bridgehead atoms. The predicted molar refractivity (Wildman–Crippen MR) is 89.6 cm³/mol. The van der Waals surface area contributed by atoms with E-state index >= 15 is 0 Å². The number of halogens is 3. The first-order valence-corrected chi connectivity index (χ1v) is 9.99. The molecule has 0 fully saturated rings. The van der Waals surface area contributed by atoms with Crippen LogP contribution in [0.3, 0.4) is 0 Å². The summed E-state index contributed by atoms with van der Waals surface area (Å²) >= 11 is 0. The fourth-order valence-electron chi connectivity index (χ4n) is 1.94. The van der Waals surface area contributed by atoms with Crippen molar-refractivity contribution in [1.29, 1.82) is 0 Å². The Kier molecular flexibility index (Phi) is 5.36. The normalized spacial score (nSPS) is 13.0. The summed E-state index contributed by atoms with van der Waals surface area (Å²) in [5.74, 6) is 0. The Balaban J connectivity index is 2.24. The molecule has 0 radical (unpaired) electrons. The Labute approximate surface area is 149 Å². The molecule has 1 N–H and O–H groups in total. The van der Waals surface area contributed by atoms with Crippen molar-refractivity contribution in [3.8, 4) is 0 Å². The summed E-state index contributed by atoms with van der Waals surface area (Å²) in [4.78, 5) is -0.379. The Morgan fingerprint density at radius 3 is 1.69 bits per heavy atom. The molecule has 0 saturated heterocycles. The predicted octanol–water partition coefficient (Wildman–Crippen LogP) is 2.76. The van der Waals surface area contributed by atoms with E-state index in [1.165, 1.54) is 38.4 Å². The van der Waals surface area contributed by atoms with Crippen LogP contribution in [0.2, 0.25) is 0 Å². The van der Waals surface area contributed by atoms with E-state index in [1.807, 2.05) is 0 Å². The average Bonchev–Trinajstić information content (AvgIpc) is 2.54. The number of benzene rings is 2. The number of nitrogens with one attached hydrogen (secondary N) is 1. The molecule has 0 amide bonds. The van der Waals surface area contributed by atoms with Crippen molar-refractivity contribution in [1.82, 2.24) is 4.31 Å². The topological polar surface area (TPSA) is 83.6 Å². The molecule has 0 atom stereocenters. The molecule has 0 aliphatic carbocycles. The smallest absolute Gasteiger partial charge is 0.280 e. The number of nitrogens with zero attached hydrogens (tertiary/aromatic N) is 1. The van der Waals surface area contributed by atoms with Crippen LogP contribution in [0.5, 0.6) is 0 Å². The number of rotatable bonds is 5. The first kappa shape index (κ1) is 20.2. The second kappa shape index (κ2) is 6.89. The molecule has 11 heteroatoms. The highest BCUT2D eigenvalue weighted by molar-refractivity contribution is 7.92. The number of alkyl halides is 3. The minimum absolute atomic E-state index is 0.0278. The van der Waals surface area contributed by atoms with E-state index in [0.29, 0.717) is 12.1 Å². The number of anilines is 1. The van der Waals surface area contributed by atoms with Crippen molar-refractivity contribution in [2.75, 3.05) is 18.8 Å². The van der Waals surface area contributed by atoms with Gasteiger partial charge in [-0.1, -0.05) is 0 Å². The molecule has 142 valence electrons. The Bertz CT molecular complexity index is 983. The molecule has 2 aromatic rings. The standard InChI is InChI=1S/C15H15F3N2O4S2/c1-20(2)26(23,24)14-9-5-12(6-10-14)19-25(21,22)13-7-3-11(4-8-13)15(16,17)18/h3-10,19H,1-2H3. The molecule has 0 saturated carbocycles.